The van der Waals surface area contributed by atoms with Crippen LogP contribution in [0.25, 0.3) is 0 Å². The highest BCUT2D eigenvalue weighted by atomic mass is 16.5. The van der Waals surface area contributed by atoms with E-state index in [1.165, 1.54) is 25.0 Å². The standard InChI is InChI=1S/C18H21N3O4/c1-24-15-5-3-4-13(17(15)25-2)18(23)19-10-11-21-16(22)9-8-14(20-21)12-6-7-12/h3-5,8-9,12H,6-7,10-11H2,1-2H3,(H,19,23). The second-order valence-electron chi connectivity index (χ2n) is 5.89. The summed E-state index contributed by atoms with van der Waals surface area (Å²) < 4.78 is 11.9. The van der Waals surface area contributed by atoms with Crippen LogP contribution in [-0.2, 0) is 6.54 Å². The highest BCUT2D eigenvalue weighted by Crippen LogP contribution is 2.38. The molecule has 1 saturated carbocycles. The van der Waals surface area contributed by atoms with E-state index >= 15 is 0 Å². The maximum Gasteiger partial charge on any atom is 0.266 e. The largest absolute Gasteiger partial charge is 0.493 e. The van der Waals surface area contributed by atoms with Crippen LogP contribution in [0.4, 0.5) is 0 Å². The van der Waals surface area contributed by atoms with E-state index in [0.29, 0.717) is 36.1 Å². The molecule has 0 aliphatic heterocycles. The maximum atomic E-state index is 12.4. The molecule has 0 spiro atoms. The zero-order valence-electron chi connectivity index (χ0n) is 14.3. The van der Waals surface area contributed by atoms with Gasteiger partial charge in [0.15, 0.2) is 11.5 Å². The van der Waals surface area contributed by atoms with Gasteiger partial charge in [-0.15, -0.1) is 0 Å². The number of ether oxygens (including phenoxy) is 2. The van der Waals surface area contributed by atoms with Crippen LogP contribution in [0, 0.1) is 0 Å². The first-order chi connectivity index (χ1) is 12.1. The number of benzene rings is 1. The van der Waals surface area contributed by atoms with Crippen molar-refractivity contribution in [3.05, 3.63) is 51.9 Å². The normalized spacial score (nSPS) is 13.4. The van der Waals surface area contributed by atoms with E-state index in [4.69, 9.17) is 9.47 Å². The van der Waals surface area contributed by atoms with Crippen LogP contribution >= 0.6 is 0 Å². The van der Waals surface area contributed by atoms with Gasteiger partial charge in [0.25, 0.3) is 11.5 Å². The first-order valence-electron chi connectivity index (χ1n) is 8.21. The Morgan fingerprint density at radius 2 is 2.04 bits per heavy atom. The van der Waals surface area contributed by atoms with Crippen molar-refractivity contribution >= 4 is 5.91 Å². The Morgan fingerprint density at radius 3 is 2.72 bits per heavy atom. The molecule has 1 aromatic heterocycles. The highest BCUT2D eigenvalue weighted by molar-refractivity contribution is 5.97. The molecule has 2 aromatic rings. The molecule has 0 atom stereocenters. The van der Waals surface area contributed by atoms with Crippen LogP contribution in [0.5, 0.6) is 11.5 Å². The van der Waals surface area contributed by atoms with Gasteiger partial charge in [-0.2, -0.15) is 5.10 Å². The quantitative estimate of drug-likeness (QED) is 0.825. The van der Waals surface area contributed by atoms with Crippen molar-refractivity contribution in [2.45, 2.75) is 25.3 Å². The van der Waals surface area contributed by atoms with Crippen LogP contribution < -0.4 is 20.3 Å². The van der Waals surface area contributed by atoms with E-state index in [1.807, 2.05) is 0 Å². The monoisotopic (exact) mass is 343 g/mol. The fraction of sp³-hybridized carbons (Fsp3) is 0.389. The van der Waals surface area contributed by atoms with Gasteiger partial charge < -0.3 is 14.8 Å². The minimum absolute atomic E-state index is 0.169. The Hall–Kier alpha value is -2.83. The van der Waals surface area contributed by atoms with Crippen molar-refractivity contribution in [1.29, 1.82) is 0 Å². The smallest absolute Gasteiger partial charge is 0.266 e. The Morgan fingerprint density at radius 1 is 1.24 bits per heavy atom. The number of aromatic nitrogens is 2. The van der Waals surface area contributed by atoms with Gasteiger partial charge in [-0.3, -0.25) is 9.59 Å². The summed E-state index contributed by atoms with van der Waals surface area (Å²) in [6.45, 7) is 0.609. The van der Waals surface area contributed by atoms with Gasteiger partial charge in [-0.1, -0.05) is 6.07 Å². The summed E-state index contributed by atoms with van der Waals surface area (Å²) in [4.78, 5) is 24.3. The summed E-state index contributed by atoms with van der Waals surface area (Å²) in [5, 5.41) is 7.16. The number of carbonyl (C=O) groups excluding carboxylic acids is 1. The van der Waals surface area contributed by atoms with Crippen molar-refractivity contribution < 1.29 is 14.3 Å². The molecule has 7 nitrogen and oxygen atoms in total. The van der Waals surface area contributed by atoms with Crippen LogP contribution in [-0.4, -0.2) is 36.5 Å². The Balaban J connectivity index is 1.65. The number of nitrogens with one attached hydrogen (secondary N) is 1. The number of carbonyl (C=O) groups is 1. The number of amides is 1. The minimum Gasteiger partial charge on any atom is -0.493 e. The van der Waals surface area contributed by atoms with E-state index in [2.05, 4.69) is 10.4 Å². The molecule has 1 aromatic carbocycles. The second kappa shape index (κ2) is 7.38. The van der Waals surface area contributed by atoms with Crippen molar-refractivity contribution in [2.24, 2.45) is 0 Å². The van der Waals surface area contributed by atoms with Crippen LogP contribution in [0.2, 0.25) is 0 Å². The summed E-state index contributed by atoms with van der Waals surface area (Å²) in [5.74, 6) is 1.06. The lowest BCUT2D eigenvalue weighted by Crippen LogP contribution is -2.32. The van der Waals surface area contributed by atoms with Gasteiger partial charge in [0, 0.05) is 18.5 Å². The third-order valence-electron chi connectivity index (χ3n) is 4.14. The molecule has 1 fully saturated rings. The summed E-state index contributed by atoms with van der Waals surface area (Å²) >= 11 is 0. The second-order valence-corrected chi connectivity index (χ2v) is 5.89. The number of hydrogen-bond donors (Lipinski definition) is 1. The SMILES string of the molecule is COc1cccc(C(=O)NCCn2nc(C3CC3)ccc2=O)c1OC. The molecule has 1 aliphatic rings. The van der Waals surface area contributed by atoms with E-state index in [-0.39, 0.29) is 11.5 Å². The Kier molecular flexibility index (Phi) is 5.02. The number of para-hydroxylation sites is 1. The van der Waals surface area contributed by atoms with Crippen molar-refractivity contribution in [2.75, 3.05) is 20.8 Å². The lowest BCUT2D eigenvalue weighted by atomic mass is 10.1. The number of hydrogen-bond acceptors (Lipinski definition) is 5. The van der Waals surface area contributed by atoms with E-state index in [0.717, 1.165) is 18.5 Å². The van der Waals surface area contributed by atoms with Gasteiger partial charge in [-0.25, -0.2) is 4.68 Å². The predicted octanol–water partition coefficient (Wildman–Crippen LogP) is 1.57. The van der Waals surface area contributed by atoms with Gasteiger partial charge in [0.2, 0.25) is 0 Å². The molecule has 1 N–H and O–H groups in total. The molecule has 1 aliphatic carbocycles. The molecule has 0 bridgehead atoms. The topological polar surface area (TPSA) is 82.5 Å². The van der Waals surface area contributed by atoms with Crippen LogP contribution in [0.1, 0.15) is 34.8 Å². The van der Waals surface area contributed by atoms with Gasteiger partial charge >= 0.3 is 0 Å². The van der Waals surface area contributed by atoms with E-state index in [9.17, 15) is 9.59 Å². The van der Waals surface area contributed by atoms with Crippen LogP contribution in [0.15, 0.2) is 35.1 Å². The molecule has 25 heavy (non-hydrogen) atoms. The Labute approximate surface area is 145 Å². The van der Waals surface area contributed by atoms with Crippen LogP contribution in [0.3, 0.4) is 0 Å². The predicted molar refractivity (Wildman–Crippen MR) is 92.4 cm³/mol. The zero-order chi connectivity index (χ0) is 17.8. The fourth-order valence-electron chi connectivity index (χ4n) is 2.66. The molecule has 7 heteroatoms. The third kappa shape index (κ3) is 3.81. The summed E-state index contributed by atoms with van der Waals surface area (Å²) in [7, 11) is 3.01. The van der Waals surface area contributed by atoms with Gasteiger partial charge in [-0.05, 0) is 31.0 Å². The van der Waals surface area contributed by atoms with E-state index < -0.39 is 0 Å². The average molecular weight is 343 g/mol. The number of rotatable bonds is 7. The Bertz CT molecular complexity index is 827. The van der Waals surface area contributed by atoms with Crippen molar-refractivity contribution in [3.8, 4) is 11.5 Å². The van der Waals surface area contributed by atoms with Crippen molar-refractivity contribution in [1.82, 2.24) is 15.1 Å². The molecule has 3 rings (SSSR count). The molecule has 0 unspecified atom stereocenters. The van der Waals surface area contributed by atoms with Gasteiger partial charge in [0.05, 0.1) is 32.0 Å². The first kappa shape index (κ1) is 17.0. The molecule has 0 saturated heterocycles. The fourth-order valence-corrected chi connectivity index (χ4v) is 2.66. The summed E-state index contributed by atoms with van der Waals surface area (Å²) in [6, 6.07) is 8.43. The van der Waals surface area contributed by atoms with E-state index in [1.54, 1.807) is 24.3 Å². The first-order valence-corrected chi connectivity index (χ1v) is 8.21. The molecule has 1 heterocycles. The molecule has 0 radical (unpaired) electrons. The number of methoxy groups -OCH3 is 2. The molecular weight excluding hydrogens is 322 g/mol. The molecule has 132 valence electrons. The summed E-state index contributed by atoms with van der Waals surface area (Å²) in [6.07, 6.45) is 2.25. The number of nitrogens with zero attached hydrogens (tertiary/aromatic N) is 2. The average Bonchev–Trinajstić information content (AvgIpc) is 3.47. The minimum atomic E-state index is -0.290. The summed E-state index contributed by atoms with van der Waals surface area (Å²) in [5.41, 5.74) is 1.16. The zero-order valence-corrected chi connectivity index (χ0v) is 14.3. The lowest BCUT2D eigenvalue weighted by molar-refractivity contribution is 0.0948. The highest BCUT2D eigenvalue weighted by Gasteiger charge is 2.25. The molecular formula is C18H21N3O4. The third-order valence-corrected chi connectivity index (χ3v) is 4.14. The van der Waals surface area contributed by atoms with Crippen molar-refractivity contribution in [3.63, 3.8) is 0 Å². The lowest BCUT2D eigenvalue weighted by Gasteiger charge is -2.13. The molecule has 1 amide bonds. The van der Waals surface area contributed by atoms with Gasteiger partial charge in [0.1, 0.15) is 0 Å². The maximum absolute atomic E-state index is 12.4.